The molecule has 2 aromatic rings. The van der Waals surface area contributed by atoms with E-state index in [9.17, 15) is 22.8 Å². The molecule has 3 fully saturated rings. The molecule has 3 aliphatic carbocycles. The van der Waals surface area contributed by atoms with Crippen LogP contribution >= 0.6 is 11.6 Å². The number of hydrogen-bond donors (Lipinski definition) is 0. The summed E-state index contributed by atoms with van der Waals surface area (Å²) in [4.78, 5) is 35.8. The van der Waals surface area contributed by atoms with Gasteiger partial charge in [0.2, 0.25) is 0 Å². The number of ether oxygens (including phenoxy) is 1. The van der Waals surface area contributed by atoms with E-state index in [4.69, 9.17) is 16.3 Å². The Kier molecular flexibility index (Phi) is 5.52. The van der Waals surface area contributed by atoms with Crippen molar-refractivity contribution in [1.82, 2.24) is 19.8 Å². The molecule has 32 heavy (non-hydrogen) atoms. The van der Waals surface area contributed by atoms with E-state index in [0.717, 1.165) is 18.5 Å². The lowest BCUT2D eigenvalue weighted by atomic mass is 9.42. The van der Waals surface area contributed by atoms with E-state index < -0.39 is 29.4 Å². The van der Waals surface area contributed by atoms with Gasteiger partial charge >= 0.3 is 0 Å². The lowest BCUT2D eigenvalue weighted by Crippen LogP contribution is -2.83. The maximum absolute atomic E-state index is 13.5. The van der Waals surface area contributed by atoms with Crippen LogP contribution in [0, 0.1) is 5.82 Å². The number of carbonyl (C=O) groups excluding carboxylic acids is 2. The Morgan fingerprint density at radius 3 is 2.34 bits per heavy atom. The quantitative estimate of drug-likeness (QED) is 0.622. The Morgan fingerprint density at radius 1 is 1.12 bits per heavy atom. The zero-order valence-corrected chi connectivity index (χ0v) is 18.1. The standard InChI is InChI=1S/C21H20ClF3N4O3/c1-28(17(30)8-32-12-3-4-13(22)14(23)5-12)20-9-21(10-20,11-20)29(2)19(31)16-7-26-15(6-27-16)18(24)25/h3-7,18H,8-11H2,1-2H3. The minimum absolute atomic E-state index is 0.0105. The van der Waals surface area contributed by atoms with Gasteiger partial charge < -0.3 is 14.5 Å². The molecule has 1 heterocycles. The van der Waals surface area contributed by atoms with Gasteiger partial charge in [0, 0.05) is 31.2 Å². The average molecular weight is 469 g/mol. The second-order valence-electron chi connectivity index (χ2n) is 8.29. The van der Waals surface area contributed by atoms with Crippen molar-refractivity contribution >= 4 is 23.4 Å². The van der Waals surface area contributed by atoms with E-state index >= 15 is 0 Å². The largest absolute Gasteiger partial charge is 0.484 e. The summed E-state index contributed by atoms with van der Waals surface area (Å²) < 4.78 is 44.1. The van der Waals surface area contributed by atoms with E-state index in [1.807, 2.05) is 0 Å². The predicted octanol–water partition coefficient (Wildman–Crippen LogP) is 3.49. The van der Waals surface area contributed by atoms with Gasteiger partial charge in [-0.05, 0) is 31.4 Å². The maximum atomic E-state index is 13.5. The molecular formula is C21H20ClF3N4O3. The van der Waals surface area contributed by atoms with Crippen LogP contribution in [0.2, 0.25) is 5.02 Å². The molecule has 11 heteroatoms. The molecule has 1 aromatic carbocycles. The molecule has 7 nitrogen and oxygen atoms in total. The molecule has 3 saturated carbocycles. The van der Waals surface area contributed by atoms with E-state index in [2.05, 4.69) is 9.97 Å². The normalized spacial score (nSPS) is 23.2. The number of likely N-dealkylation sites (N-methyl/N-ethyl adjacent to an activating group) is 1. The first-order chi connectivity index (χ1) is 15.1. The van der Waals surface area contributed by atoms with Crippen LogP contribution in [0.3, 0.4) is 0 Å². The van der Waals surface area contributed by atoms with Crippen molar-refractivity contribution in [3.8, 4) is 5.75 Å². The van der Waals surface area contributed by atoms with Gasteiger partial charge in [-0.2, -0.15) is 0 Å². The van der Waals surface area contributed by atoms with Crippen LogP contribution in [-0.4, -0.2) is 63.4 Å². The van der Waals surface area contributed by atoms with Gasteiger partial charge in [-0.15, -0.1) is 0 Å². The van der Waals surface area contributed by atoms with Crippen molar-refractivity contribution in [2.75, 3.05) is 20.7 Å². The van der Waals surface area contributed by atoms with Gasteiger partial charge in [0.05, 0.1) is 17.4 Å². The molecule has 0 unspecified atom stereocenters. The van der Waals surface area contributed by atoms with Crippen LogP contribution in [0.5, 0.6) is 5.75 Å². The van der Waals surface area contributed by atoms with Crippen molar-refractivity contribution in [2.24, 2.45) is 0 Å². The fourth-order valence-corrected chi connectivity index (χ4v) is 4.53. The molecule has 0 radical (unpaired) electrons. The molecule has 0 saturated heterocycles. The Labute approximate surface area is 187 Å². The second kappa shape index (κ2) is 7.91. The van der Waals surface area contributed by atoms with Crippen LogP contribution in [0.15, 0.2) is 30.6 Å². The Morgan fingerprint density at radius 2 is 1.78 bits per heavy atom. The number of alkyl halides is 2. The minimum atomic E-state index is -2.75. The van der Waals surface area contributed by atoms with E-state index in [0.29, 0.717) is 19.3 Å². The lowest BCUT2D eigenvalue weighted by molar-refractivity contribution is -0.210. The van der Waals surface area contributed by atoms with Gasteiger partial charge in [0.1, 0.15) is 23.0 Å². The summed E-state index contributed by atoms with van der Waals surface area (Å²) in [6.45, 7) is -0.257. The number of amides is 2. The SMILES string of the molecule is CN(C(=O)COc1ccc(Cl)c(F)c1)C12CC(N(C)C(=O)c3cnc(C(F)F)cn3)(C1)C2. The van der Waals surface area contributed by atoms with Gasteiger partial charge in [-0.25, -0.2) is 18.2 Å². The predicted molar refractivity (Wildman–Crippen MR) is 108 cm³/mol. The molecule has 0 spiro atoms. The molecular weight excluding hydrogens is 449 g/mol. The molecule has 0 N–H and O–H groups in total. The fraction of sp³-hybridized carbons (Fsp3) is 0.429. The number of aromatic nitrogens is 2. The van der Waals surface area contributed by atoms with Crippen LogP contribution in [0.4, 0.5) is 13.2 Å². The number of rotatable bonds is 7. The summed E-state index contributed by atoms with van der Waals surface area (Å²) in [7, 11) is 3.31. The molecule has 0 aliphatic heterocycles. The number of halogens is 4. The molecule has 1 aromatic heterocycles. The molecule has 170 valence electrons. The third-order valence-corrected chi connectivity index (χ3v) is 6.75. The minimum Gasteiger partial charge on any atom is -0.484 e. The summed E-state index contributed by atoms with van der Waals surface area (Å²) in [5, 5.41) is -0.0328. The Bertz CT molecular complexity index is 1050. The van der Waals surface area contributed by atoms with Gasteiger partial charge in [-0.1, -0.05) is 11.6 Å². The Hall–Kier alpha value is -2.88. The summed E-state index contributed by atoms with van der Waals surface area (Å²) in [6.07, 6.45) is 0.952. The summed E-state index contributed by atoms with van der Waals surface area (Å²) in [6, 6.07) is 3.94. The molecule has 5 rings (SSSR count). The topological polar surface area (TPSA) is 75.6 Å². The second-order valence-corrected chi connectivity index (χ2v) is 8.69. The van der Waals surface area contributed by atoms with Crippen LogP contribution in [-0.2, 0) is 4.79 Å². The van der Waals surface area contributed by atoms with Gasteiger partial charge in [0.15, 0.2) is 6.61 Å². The summed E-state index contributed by atoms with van der Waals surface area (Å²) in [5.74, 6) is -1.11. The highest BCUT2D eigenvalue weighted by Crippen LogP contribution is 2.66. The summed E-state index contributed by atoms with van der Waals surface area (Å²) >= 11 is 5.63. The maximum Gasteiger partial charge on any atom is 0.281 e. The molecule has 2 amide bonds. The van der Waals surface area contributed by atoms with Gasteiger partial charge in [-0.3, -0.25) is 14.6 Å². The third-order valence-electron chi connectivity index (χ3n) is 6.44. The van der Waals surface area contributed by atoms with Crippen molar-refractivity contribution in [3.63, 3.8) is 0 Å². The third kappa shape index (κ3) is 3.66. The Balaban J connectivity index is 1.32. The van der Waals surface area contributed by atoms with Crippen molar-refractivity contribution in [1.29, 1.82) is 0 Å². The summed E-state index contributed by atoms with van der Waals surface area (Å²) in [5.41, 5.74) is -1.28. The van der Waals surface area contributed by atoms with Crippen LogP contribution in [0.25, 0.3) is 0 Å². The highest BCUT2D eigenvalue weighted by Gasteiger charge is 2.73. The van der Waals surface area contributed by atoms with Gasteiger partial charge in [0.25, 0.3) is 18.2 Å². The number of carbonyl (C=O) groups is 2. The number of nitrogens with zero attached hydrogens (tertiary/aromatic N) is 4. The molecule has 0 atom stereocenters. The zero-order valence-electron chi connectivity index (χ0n) is 17.3. The first-order valence-electron chi connectivity index (χ1n) is 9.80. The first-order valence-corrected chi connectivity index (χ1v) is 10.2. The lowest BCUT2D eigenvalue weighted by Gasteiger charge is -2.75. The highest BCUT2D eigenvalue weighted by atomic mass is 35.5. The van der Waals surface area contributed by atoms with Crippen molar-refractivity contribution in [2.45, 2.75) is 36.8 Å². The highest BCUT2D eigenvalue weighted by molar-refractivity contribution is 6.30. The molecule has 3 aliphatic rings. The van der Waals surface area contributed by atoms with Crippen molar-refractivity contribution in [3.05, 3.63) is 52.8 Å². The van der Waals surface area contributed by atoms with E-state index in [1.165, 1.54) is 12.1 Å². The first kappa shape index (κ1) is 22.3. The van der Waals surface area contributed by atoms with Crippen LogP contribution < -0.4 is 4.74 Å². The number of benzene rings is 1. The van der Waals surface area contributed by atoms with E-state index in [1.54, 1.807) is 23.9 Å². The molecule has 2 bridgehead atoms. The number of hydrogen-bond acceptors (Lipinski definition) is 5. The zero-order chi connectivity index (χ0) is 23.3. The van der Waals surface area contributed by atoms with Crippen LogP contribution in [0.1, 0.15) is 41.9 Å². The fourth-order valence-electron chi connectivity index (χ4n) is 4.42. The monoisotopic (exact) mass is 468 g/mol. The average Bonchev–Trinajstić information content (AvgIpc) is 2.71. The smallest absolute Gasteiger partial charge is 0.281 e. The van der Waals surface area contributed by atoms with E-state index in [-0.39, 0.29) is 34.5 Å². The van der Waals surface area contributed by atoms with Crippen molar-refractivity contribution < 1.29 is 27.5 Å².